The van der Waals surface area contributed by atoms with Crippen molar-refractivity contribution in [2.45, 2.75) is 26.3 Å². The zero-order valence-corrected chi connectivity index (χ0v) is 16.9. The molecular weight excluding hydrogens is 372 g/mol. The summed E-state index contributed by atoms with van der Waals surface area (Å²) in [7, 11) is 0. The fraction of sp³-hybridized carbons (Fsp3) is 0.500. The lowest BCUT2D eigenvalue weighted by atomic mass is 10.2. The second-order valence-electron chi connectivity index (χ2n) is 7.61. The van der Waals surface area contributed by atoms with E-state index < -0.39 is 0 Å². The van der Waals surface area contributed by atoms with Crippen molar-refractivity contribution in [1.29, 1.82) is 0 Å². The van der Waals surface area contributed by atoms with Crippen LogP contribution in [0.3, 0.4) is 0 Å². The average Bonchev–Trinajstić information content (AvgIpc) is 3.47. The van der Waals surface area contributed by atoms with Crippen LogP contribution in [0.15, 0.2) is 24.5 Å². The molecule has 8 heteroatoms. The van der Waals surface area contributed by atoms with E-state index >= 15 is 0 Å². The zero-order valence-electron chi connectivity index (χ0n) is 16.0. The molecule has 146 valence electrons. The van der Waals surface area contributed by atoms with Crippen molar-refractivity contribution in [3.05, 3.63) is 34.5 Å². The third kappa shape index (κ3) is 3.93. The van der Waals surface area contributed by atoms with Crippen LogP contribution in [-0.4, -0.2) is 57.9 Å². The number of fused-ring (bicyclic) bond motifs is 1. The monoisotopic (exact) mass is 396 g/mol. The normalized spacial score (nSPS) is 18.0. The van der Waals surface area contributed by atoms with E-state index in [0.717, 1.165) is 60.2 Å². The molecule has 2 aliphatic rings. The Morgan fingerprint density at radius 3 is 2.71 bits per heavy atom. The van der Waals surface area contributed by atoms with Crippen molar-refractivity contribution in [3.8, 4) is 5.88 Å². The summed E-state index contributed by atoms with van der Waals surface area (Å²) in [5.41, 5.74) is 2.15. The third-order valence-corrected chi connectivity index (χ3v) is 6.22. The minimum Gasteiger partial charge on any atom is -0.477 e. The Kier molecular flexibility index (Phi) is 4.82. The van der Waals surface area contributed by atoms with Gasteiger partial charge in [0.1, 0.15) is 16.3 Å². The molecule has 0 amide bonds. The van der Waals surface area contributed by atoms with Crippen LogP contribution in [0, 0.1) is 12.8 Å². The highest BCUT2D eigenvalue weighted by Crippen LogP contribution is 2.32. The molecule has 0 bridgehead atoms. The topological polar surface area (TPSA) is 67.3 Å². The van der Waals surface area contributed by atoms with Gasteiger partial charge in [-0.15, -0.1) is 21.5 Å². The van der Waals surface area contributed by atoms with Crippen LogP contribution in [0.2, 0.25) is 0 Å². The second-order valence-corrected chi connectivity index (χ2v) is 8.88. The number of rotatable bonds is 6. The van der Waals surface area contributed by atoms with E-state index in [1.165, 1.54) is 18.5 Å². The van der Waals surface area contributed by atoms with E-state index in [4.69, 9.17) is 4.74 Å². The number of hydrogen-bond donors (Lipinski definition) is 0. The highest BCUT2D eigenvalue weighted by atomic mass is 32.1. The summed E-state index contributed by atoms with van der Waals surface area (Å²) in [5.74, 6) is 1.42. The first kappa shape index (κ1) is 17.8. The van der Waals surface area contributed by atoms with Crippen molar-refractivity contribution in [1.82, 2.24) is 25.1 Å². The molecular formula is C20H24N6OS. The SMILES string of the molecule is Cc1nnc(CN2CCN(c3ccc4ncnc(OCC5CC5)c4c3)CC2)s1. The van der Waals surface area contributed by atoms with Gasteiger partial charge in [0.2, 0.25) is 5.88 Å². The first-order valence-electron chi connectivity index (χ1n) is 9.88. The van der Waals surface area contributed by atoms with Gasteiger partial charge in [0.25, 0.3) is 0 Å². The van der Waals surface area contributed by atoms with Crippen LogP contribution in [0.1, 0.15) is 22.9 Å². The first-order chi connectivity index (χ1) is 13.7. The van der Waals surface area contributed by atoms with Gasteiger partial charge < -0.3 is 9.64 Å². The molecule has 3 heterocycles. The number of benzene rings is 1. The minimum atomic E-state index is 0.707. The lowest BCUT2D eigenvalue weighted by Crippen LogP contribution is -2.45. The molecule has 1 aliphatic heterocycles. The maximum Gasteiger partial charge on any atom is 0.224 e. The number of piperazine rings is 1. The van der Waals surface area contributed by atoms with Crippen LogP contribution in [-0.2, 0) is 6.54 Å². The first-order valence-corrected chi connectivity index (χ1v) is 10.7. The van der Waals surface area contributed by atoms with Crippen LogP contribution < -0.4 is 9.64 Å². The number of aromatic nitrogens is 4. The Balaban J connectivity index is 1.27. The molecule has 0 unspecified atom stereocenters. The fourth-order valence-electron chi connectivity index (χ4n) is 3.57. The van der Waals surface area contributed by atoms with Gasteiger partial charge in [-0.25, -0.2) is 9.97 Å². The Bertz CT molecular complexity index is 964. The quantitative estimate of drug-likeness (QED) is 0.635. The summed E-state index contributed by atoms with van der Waals surface area (Å²) in [4.78, 5) is 13.7. The van der Waals surface area contributed by atoms with Gasteiger partial charge in [-0.05, 0) is 43.9 Å². The standard InChI is InChI=1S/C20H24N6OS/c1-14-23-24-19(28-14)11-25-6-8-26(9-7-25)16-4-5-18-17(10-16)20(22-13-21-18)27-12-15-2-3-15/h4-5,10,13,15H,2-3,6-9,11-12H2,1H3. The number of hydrogen-bond acceptors (Lipinski definition) is 8. The number of anilines is 1. The predicted octanol–water partition coefficient (Wildman–Crippen LogP) is 2.90. The van der Waals surface area contributed by atoms with Crippen molar-refractivity contribution < 1.29 is 4.74 Å². The molecule has 0 atom stereocenters. The van der Waals surface area contributed by atoms with Crippen LogP contribution in [0.25, 0.3) is 10.9 Å². The number of nitrogens with zero attached hydrogens (tertiary/aromatic N) is 6. The van der Waals surface area contributed by atoms with E-state index in [0.29, 0.717) is 11.8 Å². The van der Waals surface area contributed by atoms with E-state index in [-0.39, 0.29) is 0 Å². The lowest BCUT2D eigenvalue weighted by Gasteiger charge is -2.35. The molecule has 1 saturated heterocycles. The Morgan fingerprint density at radius 2 is 1.96 bits per heavy atom. The van der Waals surface area contributed by atoms with Crippen molar-refractivity contribution in [2.75, 3.05) is 37.7 Å². The van der Waals surface area contributed by atoms with E-state index in [1.807, 2.05) is 6.92 Å². The molecule has 2 fully saturated rings. The molecule has 28 heavy (non-hydrogen) atoms. The average molecular weight is 397 g/mol. The smallest absolute Gasteiger partial charge is 0.224 e. The highest BCUT2D eigenvalue weighted by molar-refractivity contribution is 7.11. The van der Waals surface area contributed by atoms with Gasteiger partial charge in [-0.3, -0.25) is 4.90 Å². The molecule has 0 radical (unpaired) electrons. The van der Waals surface area contributed by atoms with E-state index in [9.17, 15) is 0 Å². The van der Waals surface area contributed by atoms with Crippen LogP contribution >= 0.6 is 11.3 Å². The number of aryl methyl sites for hydroxylation is 1. The van der Waals surface area contributed by atoms with Gasteiger partial charge in [0.05, 0.1) is 24.1 Å². The second kappa shape index (κ2) is 7.60. The third-order valence-electron chi connectivity index (χ3n) is 5.40. The lowest BCUT2D eigenvalue weighted by molar-refractivity contribution is 0.249. The van der Waals surface area contributed by atoms with E-state index in [1.54, 1.807) is 17.7 Å². The van der Waals surface area contributed by atoms with Gasteiger partial charge in [0, 0.05) is 31.9 Å². The molecule has 5 rings (SSSR count). The number of ether oxygens (including phenoxy) is 1. The Hall–Kier alpha value is -2.32. The summed E-state index contributed by atoms with van der Waals surface area (Å²) in [5, 5.41) is 11.5. The molecule has 1 saturated carbocycles. The largest absolute Gasteiger partial charge is 0.477 e. The molecule has 3 aromatic rings. The Morgan fingerprint density at radius 1 is 1.11 bits per heavy atom. The van der Waals surface area contributed by atoms with Gasteiger partial charge in [-0.2, -0.15) is 0 Å². The maximum absolute atomic E-state index is 5.98. The van der Waals surface area contributed by atoms with Gasteiger partial charge in [0.15, 0.2) is 0 Å². The molecule has 7 nitrogen and oxygen atoms in total. The van der Waals surface area contributed by atoms with E-state index in [2.05, 4.69) is 48.2 Å². The molecule has 0 N–H and O–H groups in total. The van der Waals surface area contributed by atoms with Crippen LogP contribution in [0.4, 0.5) is 5.69 Å². The Labute approximate surface area is 168 Å². The van der Waals surface area contributed by atoms with Crippen molar-refractivity contribution in [3.63, 3.8) is 0 Å². The fourth-order valence-corrected chi connectivity index (χ4v) is 4.32. The van der Waals surface area contributed by atoms with Gasteiger partial charge >= 0.3 is 0 Å². The van der Waals surface area contributed by atoms with Crippen LogP contribution in [0.5, 0.6) is 5.88 Å². The zero-order chi connectivity index (χ0) is 18.9. The molecule has 0 spiro atoms. The highest BCUT2D eigenvalue weighted by Gasteiger charge is 2.23. The van der Waals surface area contributed by atoms with Crippen molar-refractivity contribution >= 4 is 27.9 Å². The molecule has 1 aromatic carbocycles. The van der Waals surface area contributed by atoms with Crippen molar-refractivity contribution in [2.24, 2.45) is 5.92 Å². The molecule has 1 aliphatic carbocycles. The summed E-state index contributed by atoms with van der Waals surface area (Å²) < 4.78 is 5.98. The van der Waals surface area contributed by atoms with Gasteiger partial charge in [-0.1, -0.05) is 0 Å². The minimum absolute atomic E-state index is 0.707. The molecule has 2 aromatic heterocycles. The summed E-state index contributed by atoms with van der Waals surface area (Å²) >= 11 is 1.69. The summed E-state index contributed by atoms with van der Waals surface area (Å²) in [6.07, 6.45) is 4.14. The summed E-state index contributed by atoms with van der Waals surface area (Å²) in [6.45, 7) is 7.69. The maximum atomic E-state index is 5.98. The summed E-state index contributed by atoms with van der Waals surface area (Å²) in [6, 6.07) is 6.41. The predicted molar refractivity (Wildman–Crippen MR) is 110 cm³/mol.